The van der Waals surface area contributed by atoms with E-state index in [9.17, 15) is 9.50 Å². The fraction of sp³-hybridized carbons (Fsp3) is 0.200. The summed E-state index contributed by atoms with van der Waals surface area (Å²) in [5, 5.41) is 10.4. The average molecular weight is 355 g/mol. The van der Waals surface area contributed by atoms with Crippen LogP contribution in [0.5, 0.6) is 17.2 Å². The molecule has 0 saturated heterocycles. The number of rotatable bonds is 3. The molecule has 0 saturated carbocycles. The summed E-state index contributed by atoms with van der Waals surface area (Å²) in [5.74, 6) is 0.603. The van der Waals surface area contributed by atoms with Crippen molar-refractivity contribution in [1.29, 1.82) is 0 Å². The predicted octanol–water partition coefficient (Wildman–Crippen LogP) is 3.41. The number of hydrogen-bond acceptors (Lipinski definition) is 4. The molecule has 1 aliphatic rings. The minimum atomic E-state index is -1.13. The normalized spacial score (nSPS) is 14.1. The number of ether oxygens (including phenoxy) is 3. The summed E-state index contributed by atoms with van der Waals surface area (Å²) >= 11 is 3.35. The molecule has 0 fully saturated rings. The molecule has 110 valence electrons. The van der Waals surface area contributed by atoms with E-state index in [2.05, 4.69) is 15.9 Å². The van der Waals surface area contributed by atoms with Crippen molar-refractivity contribution in [3.63, 3.8) is 0 Å². The number of methoxy groups -OCH3 is 1. The first-order chi connectivity index (χ1) is 10.1. The van der Waals surface area contributed by atoms with Crippen LogP contribution in [0.3, 0.4) is 0 Å². The molecule has 1 aliphatic heterocycles. The number of benzene rings is 2. The Kier molecular flexibility index (Phi) is 3.73. The van der Waals surface area contributed by atoms with Gasteiger partial charge in [0.2, 0.25) is 6.79 Å². The topological polar surface area (TPSA) is 47.9 Å². The van der Waals surface area contributed by atoms with Gasteiger partial charge in [-0.05, 0) is 39.7 Å². The first-order valence-electron chi connectivity index (χ1n) is 6.21. The van der Waals surface area contributed by atoms with Crippen molar-refractivity contribution in [2.45, 2.75) is 6.10 Å². The molecule has 3 rings (SSSR count). The summed E-state index contributed by atoms with van der Waals surface area (Å²) in [6, 6.07) is 7.96. The molecule has 21 heavy (non-hydrogen) atoms. The molecular formula is C15H12BrFO4. The third-order valence-electron chi connectivity index (χ3n) is 3.27. The van der Waals surface area contributed by atoms with E-state index in [1.165, 1.54) is 19.2 Å². The van der Waals surface area contributed by atoms with Gasteiger partial charge in [-0.3, -0.25) is 0 Å². The summed E-state index contributed by atoms with van der Waals surface area (Å²) in [6.45, 7) is 0.126. The maximum Gasteiger partial charge on any atom is 0.231 e. The Morgan fingerprint density at radius 3 is 2.90 bits per heavy atom. The molecule has 4 nitrogen and oxygen atoms in total. The minimum Gasteiger partial charge on any atom is -0.494 e. The number of hydrogen-bond donors (Lipinski definition) is 1. The molecule has 2 aromatic carbocycles. The largest absolute Gasteiger partial charge is 0.494 e. The fourth-order valence-corrected chi connectivity index (χ4v) is 2.80. The Morgan fingerprint density at radius 1 is 1.33 bits per heavy atom. The Morgan fingerprint density at radius 2 is 2.14 bits per heavy atom. The highest BCUT2D eigenvalue weighted by atomic mass is 79.9. The molecule has 1 atom stereocenters. The van der Waals surface area contributed by atoms with Gasteiger partial charge in [0, 0.05) is 5.56 Å². The van der Waals surface area contributed by atoms with Crippen LogP contribution in [-0.4, -0.2) is 19.0 Å². The molecule has 0 bridgehead atoms. The van der Waals surface area contributed by atoms with Gasteiger partial charge in [-0.25, -0.2) is 4.39 Å². The van der Waals surface area contributed by atoms with Gasteiger partial charge in [-0.15, -0.1) is 0 Å². The average Bonchev–Trinajstić information content (AvgIpc) is 2.96. The molecule has 1 N–H and O–H groups in total. The van der Waals surface area contributed by atoms with Gasteiger partial charge in [0.05, 0.1) is 11.6 Å². The van der Waals surface area contributed by atoms with E-state index in [0.717, 1.165) is 0 Å². The van der Waals surface area contributed by atoms with Crippen molar-refractivity contribution in [2.75, 3.05) is 13.9 Å². The van der Waals surface area contributed by atoms with E-state index in [1.54, 1.807) is 18.2 Å². The van der Waals surface area contributed by atoms with E-state index >= 15 is 0 Å². The second-order valence-corrected chi connectivity index (χ2v) is 5.36. The zero-order chi connectivity index (χ0) is 15.0. The van der Waals surface area contributed by atoms with Gasteiger partial charge in [-0.2, -0.15) is 0 Å². The van der Waals surface area contributed by atoms with E-state index in [1.807, 2.05) is 0 Å². The molecule has 0 spiro atoms. The third-order valence-corrected chi connectivity index (χ3v) is 3.86. The zero-order valence-corrected chi connectivity index (χ0v) is 12.7. The minimum absolute atomic E-state index is 0.0892. The van der Waals surface area contributed by atoms with E-state index < -0.39 is 11.9 Å². The molecule has 0 amide bonds. The molecule has 1 unspecified atom stereocenters. The SMILES string of the molecule is COc1cccc(C(O)c2cc(Br)c3c(c2)OCO3)c1F. The van der Waals surface area contributed by atoms with Crippen LogP contribution in [0.4, 0.5) is 4.39 Å². The highest BCUT2D eigenvalue weighted by Crippen LogP contribution is 2.42. The van der Waals surface area contributed by atoms with Crippen molar-refractivity contribution >= 4 is 15.9 Å². The Hall–Kier alpha value is -1.79. The zero-order valence-electron chi connectivity index (χ0n) is 11.1. The van der Waals surface area contributed by atoms with Crippen LogP contribution in [0.25, 0.3) is 0 Å². The van der Waals surface area contributed by atoms with Crippen molar-refractivity contribution in [1.82, 2.24) is 0 Å². The van der Waals surface area contributed by atoms with Gasteiger partial charge >= 0.3 is 0 Å². The monoisotopic (exact) mass is 354 g/mol. The summed E-state index contributed by atoms with van der Waals surface area (Å²) in [4.78, 5) is 0. The van der Waals surface area contributed by atoms with Crippen molar-refractivity contribution in [2.24, 2.45) is 0 Å². The number of aliphatic hydroxyl groups excluding tert-OH is 1. The molecule has 0 aromatic heterocycles. The number of aliphatic hydroxyl groups is 1. The number of halogens is 2. The second kappa shape index (κ2) is 5.54. The molecular weight excluding hydrogens is 343 g/mol. The van der Waals surface area contributed by atoms with Gasteiger partial charge < -0.3 is 19.3 Å². The van der Waals surface area contributed by atoms with Crippen LogP contribution in [0.1, 0.15) is 17.2 Å². The molecule has 6 heteroatoms. The van der Waals surface area contributed by atoms with Crippen molar-refractivity contribution in [3.8, 4) is 17.2 Å². The van der Waals surface area contributed by atoms with Crippen LogP contribution in [0, 0.1) is 5.82 Å². The summed E-state index contributed by atoms with van der Waals surface area (Å²) < 4.78 is 30.4. The third kappa shape index (κ3) is 2.45. The highest BCUT2D eigenvalue weighted by molar-refractivity contribution is 9.10. The van der Waals surface area contributed by atoms with Crippen LogP contribution < -0.4 is 14.2 Å². The van der Waals surface area contributed by atoms with Crippen molar-refractivity contribution in [3.05, 3.63) is 51.7 Å². The standard InChI is InChI=1S/C15H12BrFO4/c1-19-11-4-2-3-9(13(11)17)14(18)8-5-10(16)15-12(6-8)20-7-21-15/h2-6,14,18H,7H2,1H3. The summed E-state index contributed by atoms with van der Waals surface area (Å²) in [7, 11) is 1.38. The highest BCUT2D eigenvalue weighted by Gasteiger charge is 2.23. The molecule has 1 heterocycles. The van der Waals surface area contributed by atoms with Gasteiger partial charge in [0.1, 0.15) is 6.10 Å². The lowest BCUT2D eigenvalue weighted by molar-refractivity contribution is 0.173. The lowest BCUT2D eigenvalue weighted by atomic mass is 10.0. The Bertz CT molecular complexity index is 690. The van der Waals surface area contributed by atoms with Crippen LogP contribution in [0.15, 0.2) is 34.8 Å². The Labute approximate surface area is 129 Å². The van der Waals surface area contributed by atoms with Gasteiger partial charge in [0.25, 0.3) is 0 Å². The van der Waals surface area contributed by atoms with Gasteiger partial charge in [-0.1, -0.05) is 12.1 Å². The second-order valence-electron chi connectivity index (χ2n) is 4.50. The van der Waals surface area contributed by atoms with E-state index in [-0.39, 0.29) is 18.1 Å². The molecule has 2 aromatic rings. The van der Waals surface area contributed by atoms with E-state index in [0.29, 0.717) is 21.5 Å². The van der Waals surface area contributed by atoms with Crippen LogP contribution in [-0.2, 0) is 0 Å². The quantitative estimate of drug-likeness (QED) is 0.917. The lowest BCUT2D eigenvalue weighted by Crippen LogP contribution is -2.04. The maximum atomic E-state index is 14.2. The first kappa shape index (κ1) is 14.2. The molecule has 0 radical (unpaired) electrons. The smallest absolute Gasteiger partial charge is 0.231 e. The first-order valence-corrected chi connectivity index (χ1v) is 7.00. The molecule has 0 aliphatic carbocycles. The fourth-order valence-electron chi connectivity index (χ4n) is 2.22. The summed E-state index contributed by atoms with van der Waals surface area (Å²) in [5.41, 5.74) is 0.637. The Balaban J connectivity index is 2.03. The van der Waals surface area contributed by atoms with Crippen LogP contribution in [0.2, 0.25) is 0 Å². The van der Waals surface area contributed by atoms with Gasteiger partial charge in [0.15, 0.2) is 23.1 Å². The van der Waals surface area contributed by atoms with Crippen molar-refractivity contribution < 1.29 is 23.7 Å². The predicted molar refractivity (Wildman–Crippen MR) is 77.3 cm³/mol. The van der Waals surface area contributed by atoms with E-state index in [4.69, 9.17) is 14.2 Å². The summed E-state index contributed by atoms with van der Waals surface area (Å²) in [6.07, 6.45) is -1.13. The lowest BCUT2D eigenvalue weighted by Gasteiger charge is -2.15. The maximum absolute atomic E-state index is 14.2. The van der Waals surface area contributed by atoms with Crippen LogP contribution >= 0.6 is 15.9 Å². The number of fused-ring (bicyclic) bond motifs is 1.